The van der Waals surface area contributed by atoms with Crippen molar-refractivity contribution < 1.29 is 0 Å². The first kappa shape index (κ1) is 100. The van der Waals surface area contributed by atoms with Crippen LogP contribution in [0.5, 0.6) is 0 Å². The molecule has 0 aliphatic carbocycles. The predicted octanol–water partition coefficient (Wildman–Crippen LogP) is 32.5. The summed E-state index contributed by atoms with van der Waals surface area (Å²) in [6, 6.07) is 5.15. The van der Waals surface area contributed by atoms with Crippen LogP contribution in [0.2, 0.25) is 0 Å². The van der Waals surface area contributed by atoms with Gasteiger partial charge < -0.3 is 0 Å². The van der Waals surface area contributed by atoms with Crippen LogP contribution in [0.15, 0.2) is 22.1 Å². The van der Waals surface area contributed by atoms with E-state index in [1.165, 1.54) is 313 Å². The molecule has 2 heteroatoms. The van der Waals surface area contributed by atoms with Crippen LogP contribution in [-0.4, -0.2) is 11.4 Å². The monoisotopic (exact) mass is 1490 g/mol. The van der Waals surface area contributed by atoms with Crippen molar-refractivity contribution in [2.75, 3.05) is 0 Å². The highest BCUT2D eigenvalue weighted by Crippen LogP contribution is 2.37. The Labute approximate surface area is 685 Å². The molecular weight excluding hydrogens is 1330 g/mol. The molecule has 610 valence electrons. The van der Waals surface area contributed by atoms with Crippen LogP contribution in [0.25, 0.3) is 0 Å². The maximum absolute atomic E-state index is 6.36. The summed E-state index contributed by atoms with van der Waals surface area (Å²) in [4.78, 5) is 12.7. The fourth-order valence-electron chi connectivity index (χ4n) is 14.8. The maximum Gasteiger partial charge on any atom is 0.0671 e. The molecule has 0 saturated carbocycles. The van der Waals surface area contributed by atoms with E-state index in [9.17, 15) is 0 Å². The van der Waals surface area contributed by atoms with Gasteiger partial charge in [-0.1, -0.05) is 275 Å². The van der Waals surface area contributed by atoms with Crippen LogP contribution in [0, 0.1) is 94.7 Å². The van der Waals surface area contributed by atoms with Crippen LogP contribution in [0.1, 0.15) is 499 Å². The first-order valence-electron chi connectivity index (χ1n) is 47.6. The minimum atomic E-state index is 0.816. The number of hydrogen-bond acceptors (Lipinski definition) is 2. The van der Waals surface area contributed by atoms with Gasteiger partial charge in [0.2, 0.25) is 0 Å². The van der Waals surface area contributed by atoms with Gasteiger partial charge in [0.25, 0.3) is 0 Å². The Kier molecular flexibility index (Phi) is 70.4. The molecule has 0 heterocycles. The van der Waals surface area contributed by atoms with E-state index in [1.807, 2.05) is 0 Å². The average molecular weight is 1490 g/mol. The predicted molar refractivity (Wildman–Crippen MR) is 493 cm³/mol. The van der Waals surface area contributed by atoms with E-state index in [2.05, 4.69) is 176 Å². The van der Waals surface area contributed by atoms with E-state index in [1.54, 1.807) is 0 Å². The van der Waals surface area contributed by atoms with Gasteiger partial charge in [0.05, 0.1) is 22.8 Å². The minimum Gasteiger partial charge on any atom is -0.251 e. The minimum absolute atomic E-state index is 0.816. The number of aliphatic imine (C=N–C) groups is 2. The van der Waals surface area contributed by atoms with E-state index >= 15 is 0 Å². The number of nitrogens with zero attached hydrogens (tertiary/aromatic N) is 2. The molecule has 0 aromatic heterocycles. The molecule has 0 fully saturated rings. The molecule has 0 radical (unpaired) electrons. The Morgan fingerprint density at radius 3 is 0.591 bits per heavy atom. The third kappa shape index (κ3) is 53.3. The lowest BCUT2D eigenvalue weighted by molar-refractivity contribution is 0.616. The number of rotatable bonds is 63. The molecule has 2 aromatic carbocycles. The lowest BCUT2D eigenvalue weighted by Crippen LogP contribution is -2.16. The molecule has 0 unspecified atom stereocenters. The van der Waals surface area contributed by atoms with Crippen molar-refractivity contribution in [2.24, 2.45) is 9.98 Å². The highest BCUT2D eigenvalue weighted by molar-refractivity contribution is 6.43. The van der Waals surface area contributed by atoms with E-state index in [-0.39, 0.29) is 0 Å². The summed E-state index contributed by atoms with van der Waals surface area (Å²) < 4.78 is 0. The van der Waals surface area contributed by atoms with Gasteiger partial charge in [0.15, 0.2) is 0 Å². The summed E-state index contributed by atoms with van der Waals surface area (Å²) >= 11 is 0. The van der Waals surface area contributed by atoms with Gasteiger partial charge in [-0.25, -0.2) is 0 Å². The molecule has 0 aliphatic heterocycles. The molecule has 2 rings (SSSR count). The third-order valence-electron chi connectivity index (χ3n) is 21.6. The zero-order valence-corrected chi connectivity index (χ0v) is 74.1. The van der Waals surface area contributed by atoms with Gasteiger partial charge in [0.1, 0.15) is 0 Å². The molecule has 0 aliphatic rings. The quantitative estimate of drug-likeness (QED) is 0.0358. The maximum atomic E-state index is 6.36. The molecular formula is C108H168N2. The summed E-state index contributed by atoms with van der Waals surface area (Å²) in [5.41, 5.74) is 16.2. The van der Waals surface area contributed by atoms with Crippen molar-refractivity contribution in [3.8, 4) is 94.7 Å². The normalized spacial score (nSPS) is 11.0. The van der Waals surface area contributed by atoms with E-state index < -0.39 is 0 Å². The second-order valence-electron chi connectivity index (χ2n) is 31.7. The van der Waals surface area contributed by atoms with Crippen LogP contribution < -0.4 is 0 Å². The lowest BCUT2D eigenvalue weighted by Gasteiger charge is -2.22. The Hall–Kier alpha value is -5.74. The average Bonchev–Trinajstić information content (AvgIpc) is 0.790. The molecule has 0 amide bonds. The molecule has 0 atom stereocenters. The van der Waals surface area contributed by atoms with Crippen molar-refractivity contribution in [2.45, 2.75) is 506 Å². The van der Waals surface area contributed by atoms with Gasteiger partial charge in [-0.2, -0.15) is 0 Å². The highest BCUT2D eigenvalue weighted by Gasteiger charge is 2.23. The van der Waals surface area contributed by atoms with Crippen LogP contribution in [0.4, 0.5) is 11.4 Å². The molecule has 0 saturated heterocycles. The van der Waals surface area contributed by atoms with Crippen molar-refractivity contribution in [3.05, 3.63) is 56.6 Å². The largest absolute Gasteiger partial charge is 0.251 e. The molecule has 0 bridgehead atoms. The fourth-order valence-corrected chi connectivity index (χ4v) is 14.8. The van der Waals surface area contributed by atoms with Crippen molar-refractivity contribution in [3.63, 3.8) is 0 Å². The first-order chi connectivity index (χ1) is 54.4. The second-order valence-corrected chi connectivity index (χ2v) is 31.7. The number of aryl methyl sites for hydroxylation is 2. The van der Waals surface area contributed by atoms with Crippen LogP contribution in [-0.2, 0) is 51.4 Å². The Morgan fingerprint density at radius 1 is 0.182 bits per heavy atom. The van der Waals surface area contributed by atoms with Crippen molar-refractivity contribution in [1.82, 2.24) is 0 Å². The van der Waals surface area contributed by atoms with Gasteiger partial charge in [-0.15, -0.1) is 94.7 Å². The molecule has 0 N–H and O–H groups in total. The molecule has 0 spiro atoms. The molecule has 2 aromatic rings. The van der Waals surface area contributed by atoms with E-state index in [0.29, 0.717) is 0 Å². The van der Waals surface area contributed by atoms with Gasteiger partial charge in [-0.05, 0) is 185 Å². The highest BCUT2D eigenvalue weighted by atomic mass is 14.8. The zero-order valence-electron chi connectivity index (χ0n) is 74.1. The van der Waals surface area contributed by atoms with Crippen molar-refractivity contribution >= 4 is 22.8 Å². The van der Waals surface area contributed by atoms with E-state index in [4.69, 9.17) is 9.98 Å². The molecule has 110 heavy (non-hydrogen) atoms. The Morgan fingerprint density at radius 2 is 0.355 bits per heavy atom. The summed E-state index contributed by atoms with van der Waals surface area (Å²) in [5.74, 6) is 59.4. The smallest absolute Gasteiger partial charge is 0.0671 e. The lowest BCUT2D eigenvalue weighted by atomic mass is 9.85. The molecule has 2 nitrogen and oxygen atoms in total. The van der Waals surface area contributed by atoms with Crippen LogP contribution in [0.3, 0.4) is 0 Å². The van der Waals surface area contributed by atoms with Crippen molar-refractivity contribution in [1.29, 1.82) is 0 Å². The van der Waals surface area contributed by atoms with E-state index in [0.717, 1.165) is 191 Å². The number of benzene rings is 2. The zero-order chi connectivity index (χ0) is 79.2. The van der Waals surface area contributed by atoms with Gasteiger partial charge in [-0.3, -0.25) is 9.98 Å². The summed E-state index contributed by atoms with van der Waals surface area (Å²) in [6.45, 7) is 23.1. The third-order valence-corrected chi connectivity index (χ3v) is 21.6. The van der Waals surface area contributed by atoms with Gasteiger partial charge in [0, 0.05) is 103 Å². The summed E-state index contributed by atoms with van der Waals surface area (Å²) in [7, 11) is 0. The second kappa shape index (κ2) is 77.2. The first-order valence-corrected chi connectivity index (χ1v) is 47.6. The topological polar surface area (TPSA) is 24.7 Å². The van der Waals surface area contributed by atoms with Crippen LogP contribution >= 0.6 is 0 Å². The fraction of sp³-hybridized carbons (Fsp3) is 0.722. The number of unbranched alkanes of at least 4 members (excludes halogenated alkanes) is 40. The summed E-state index contributed by atoms with van der Waals surface area (Å²) in [6.07, 6.45) is 75.4. The Bertz CT molecular complexity index is 3220. The van der Waals surface area contributed by atoms with Gasteiger partial charge >= 0.3 is 0 Å². The number of hydrogen-bond donors (Lipinski definition) is 0. The Balaban J connectivity index is 3.61. The summed E-state index contributed by atoms with van der Waals surface area (Å²) in [5, 5.41) is 0. The standard InChI is InChI=1S/C108H168N2/c1-11-21-31-41-50-58-66-75-85-97-95-107(103(91-81-72-64-56-47-37-27-17-7)101(89-79-70-62-54-45-35-25-15-5)99(97)87-77-68-60-52-43-33-23-13-3)109-105(93-83-40-30-20-10)106(94-84-74-49-39-29-19-9)110-108-96-98(86-76-67-59-51-42-32-22-12-2)100(88-78-69-61-53-44-34-24-14-4)102(90-80-71-63-55-46-36-26-16-6)104(108)92-82-73-65-57-48-38-28-18-8/h95-96H,11-57,74-94H2,1-10H3. The SMILES string of the molecule is CCCCCCC#CCCc1cc(N=C(CCCCCC)C(CCCCCCCC)=Nc2cc(CCC#CCCCCCC)c(CCC#CCCCCCC)c(CCC#CCCCCCC)c2CCC#CCCCCCC)c(CCC#CCCCCCC)c(CCC#CCCCCCC)c1CCC#CCCCCCC.